The zero-order valence-electron chi connectivity index (χ0n) is 8.80. The minimum Gasteiger partial charge on any atom is -0.380 e. The quantitative estimate of drug-likeness (QED) is 0.753. The molecule has 0 aromatic carbocycles. The van der Waals surface area contributed by atoms with E-state index in [9.17, 15) is 0 Å². The molecule has 3 heteroatoms. The van der Waals surface area contributed by atoms with Gasteiger partial charge < -0.3 is 10.6 Å². The maximum absolute atomic E-state index is 4.47. The highest BCUT2D eigenvalue weighted by molar-refractivity contribution is 5.67. The van der Waals surface area contributed by atoms with Crippen LogP contribution in [0.4, 0.5) is 11.5 Å². The van der Waals surface area contributed by atoms with Gasteiger partial charge in [-0.15, -0.1) is 0 Å². The minimum absolute atomic E-state index is 0.529. The van der Waals surface area contributed by atoms with Gasteiger partial charge in [-0.05, 0) is 25.5 Å². The third-order valence-electron chi connectivity index (χ3n) is 2.55. The number of rotatable bonds is 2. The lowest BCUT2D eigenvalue weighted by molar-refractivity contribution is 0.651. The highest BCUT2D eigenvalue weighted by atomic mass is 15.1. The molecule has 1 aromatic rings. The molecule has 1 aliphatic heterocycles. The van der Waals surface area contributed by atoms with Gasteiger partial charge in [-0.1, -0.05) is 13.3 Å². The Kier molecular flexibility index (Phi) is 2.57. The molecule has 0 spiro atoms. The summed E-state index contributed by atoms with van der Waals surface area (Å²) in [4.78, 5) is 4.47. The normalized spacial score (nSPS) is 19.4. The Balaban J connectivity index is 2.16. The fraction of sp³-hybridized carbons (Fsp3) is 0.545. The Labute approximate surface area is 84.9 Å². The topological polar surface area (TPSA) is 37.0 Å². The van der Waals surface area contributed by atoms with Crippen molar-refractivity contribution in [2.75, 3.05) is 17.2 Å². The van der Waals surface area contributed by atoms with Crippen molar-refractivity contribution < 1.29 is 0 Å². The van der Waals surface area contributed by atoms with Gasteiger partial charge in [0.2, 0.25) is 0 Å². The van der Waals surface area contributed by atoms with Gasteiger partial charge >= 0.3 is 0 Å². The van der Waals surface area contributed by atoms with E-state index in [0.29, 0.717) is 6.04 Å². The van der Waals surface area contributed by atoms with Gasteiger partial charge in [0.05, 0.1) is 5.69 Å². The molecule has 2 rings (SSSR count). The molecule has 0 saturated heterocycles. The number of hydrogen-bond donors (Lipinski definition) is 2. The number of pyridine rings is 1. The molecule has 2 N–H and O–H groups in total. The van der Waals surface area contributed by atoms with Crippen LogP contribution in [-0.2, 0) is 0 Å². The average Bonchev–Trinajstić information content (AvgIpc) is 2.17. The van der Waals surface area contributed by atoms with E-state index in [4.69, 9.17) is 0 Å². The fourth-order valence-electron chi connectivity index (χ4n) is 1.81. The van der Waals surface area contributed by atoms with E-state index in [-0.39, 0.29) is 0 Å². The molecule has 0 aliphatic carbocycles. The summed E-state index contributed by atoms with van der Waals surface area (Å²) >= 11 is 0. The molecule has 0 fully saturated rings. The first-order valence-electron chi connectivity index (χ1n) is 5.27. The SMILES string of the molecule is CCCC1CNc2ccc(C)nc2N1. The molecular formula is C11H17N3. The molecule has 3 nitrogen and oxygen atoms in total. The van der Waals surface area contributed by atoms with E-state index in [2.05, 4.69) is 28.6 Å². The van der Waals surface area contributed by atoms with Crippen LogP contribution >= 0.6 is 0 Å². The van der Waals surface area contributed by atoms with E-state index in [1.54, 1.807) is 0 Å². The van der Waals surface area contributed by atoms with E-state index in [1.807, 2.05) is 13.0 Å². The summed E-state index contributed by atoms with van der Waals surface area (Å²) < 4.78 is 0. The van der Waals surface area contributed by atoms with E-state index >= 15 is 0 Å². The number of aryl methyl sites for hydroxylation is 1. The van der Waals surface area contributed by atoms with Crippen molar-refractivity contribution in [3.63, 3.8) is 0 Å². The molecule has 1 atom stereocenters. The zero-order valence-corrected chi connectivity index (χ0v) is 8.80. The van der Waals surface area contributed by atoms with Crippen LogP contribution in [0.15, 0.2) is 12.1 Å². The number of hydrogen-bond acceptors (Lipinski definition) is 3. The van der Waals surface area contributed by atoms with Crippen LogP contribution in [0.25, 0.3) is 0 Å². The minimum atomic E-state index is 0.529. The first kappa shape index (κ1) is 9.31. The summed E-state index contributed by atoms with van der Waals surface area (Å²) in [5, 5.41) is 6.86. The summed E-state index contributed by atoms with van der Waals surface area (Å²) in [6.45, 7) is 5.23. The maximum Gasteiger partial charge on any atom is 0.149 e. The van der Waals surface area contributed by atoms with E-state index < -0.39 is 0 Å². The molecule has 14 heavy (non-hydrogen) atoms. The monoisotopic (exact) mass is 191 g/mol. The smallest absolute Gasteiger partial charge is 0.149 e. The third-order valence-corrected chi connectivity index (χ3v) is 2.55. The summed E-state index contributed by atoms with van der Waals surface area (Å²) in [6, 6.07) is 4.65. The summed E-state index contributed by atoms with van der Waals surface area (Å²) in [5.41, 5.74) is 2.19. The largest absolute Gasteiger partial charge is 0.380 e. The van der Waals surface area contributed by atoms with Gasteiger partial charge in [-0.2, -0.15) is 0 Å². The predicted octanol–water partition coefficient (Wildman–Crippen LogP) is 2.40. The average molecular weight is 191 g/mol. The van der Waals surface area contributed by atoms with E-state index in [0.717, 1.165) is 23.7 Å². The molecule has 0 saturated carbocycles. The van der Waals surface area contributed by atoms with Gasteiger partial charge in [-0.25, -0.2) is 4.98 Å². The van der Waals surface area contributed by atoms with Crippen LogP contribution in [0.1, 0.15) is 25.5 Å². The van der Waals surface area contributed by atoms with Gasteiger partial charge in [0.15, 0.2) is 0 Å². The third kappa shape index (κ3) is 1.81. The number of fused-ring (bicyclic) bond motifs is 1. The highest BCUT2D eigenvalue weighted by Crippen LogP contribution is 2.24. The second-order valence-corrected chi connectivity index (χ2v) is 3.86. The standard InChI is InChI=1S/C11H17N3/c1-3-4-9-7-12-10-6-5-8(2)13-11(10)14-9/h5-6,9,12H,3-4,7H2,1-2H3,(H,13,14). The van der Waals surface area contributed by atoms with E-state index in [1.165, 1.54) is 12.8 Å². The van der Waals surface area contributed by atoms with Crippen LogP contribution in [0.5, 0.6) is 0 Å². The predicted molar refractivity (Wildman–Crippen MR) is 59.8 cm³/mol. The lowest BCUT2D eigenvalue weighted by atomic mass is 10.1. The Morgan fingerprint density at radius 2 is 2.36 bits per heavy atom. The van der Waals surface area contributed by atoms with Crippen LogP contribution in [0, 0.1) is 6.92 Å². The van der Waals surface area contributed by atoms with Crippen molar-refractivity contribution in [1.29, 1.82) is 0 Å². The molecule has 1 aromatic heterocycles. The molecule has 0 radical (unpaired) electrons. The van der Waals surface area contributed by atoms with Crippen LogP contribution in [0.2, 0.25) is 0 Å². The second-order valence-electron chi connectivity index (χ2n) is 3.86. The first-order valence-corrected chi connectivity index (χ1v) is 5.27. The molecule has 76 valence electrons. The van der Waals surface area contributed by atoms with Crippen molar-refractivity contribution in [1.82, 2.24) is 4.98 Å². The van der Waals surface area contributed by atoms with Gasteiger partial charge in [0, 0.05) is 18.3 Å². The first-order chi connectivity index (χ1) is 6.79. The van der Waals surface area contributed by atoms with Crippen molar-refractivity contribution in [3.05, 3.63) is 17.8 Å². The van der Waals surface area contributed by atoms with Crippen molar-refractivity contribution in [2.24, 2.45) is 0 Å². The van der Waals surface area contributed by atoms with Crippen LogP contribution in [-0.4, -0.2) is 17.6 Å². The summed E-state index contributed by atoms with van der Waals surface area (Å²) in [5.74, 6) is 1.01. The molecular weight excluding hydrogens is 174 g/mol. The number of anilines is 2. The van der Waals surface area contributed by atoms with Gasteiger partial charge in [0.25, 0.3) is 0 Å². The fourth-order valence-corrected chi connectivity index (χ4v) is 1.81. The molecule has 1 aliphatic rings. The Morgan fingerprint density at radius 1 is 1.50 bits per heavy atom. The molecule has 1 unspecified atom stereocenters. The highest BCUT2D eigenvalue weighted by Gasteiger charge is 2.16. The van der Waals surface area contributed by atoms with Crippen LogP contribution in [0.3, 0.4) is 0 Å². The zero-order chi connectivity index (χ0) is 9.97. The maximum atomic E-state index is 4.47. The molecule has 2 heterocycles. The van der Waals surface area contributed by atoms with Crippen molar-refractivity contribution >= 4 is 11.5 Å². The summed E-state index contributed by atoms with van der Waals surface area (Å²) in [7, 11) is 0. The Morgan fingerprint density at radius 3 is 3.14 bits per heavy atom. The number of aromatic nitrogens is 1. The lowest BCUT2D eigenvalue weighted by Crippen LogP contribution is -2.33. The molecule has 0 bridgehead atoms. The van der Waals surface area contributed by atoms with Crippen molar-refractivity contribution in [3.8, 4) is 0 Å². The van der Waals surface area contributed by atoms with Crippen molar-refractivity contribution in [2.45, 2.75) is 32.7 Å². The number of nitrogens with zero attached hydrogens (tertiary/aromatic N) is 1. The number of nitrogens with one attached hydrogen (secondary N) is 2. The van der Waals surface area contributed by atoms with Gasteiger partial charge in [0.1, 0.15) is 5.82 Å². The second kappa shape index (κ2) is 3.86. The Bertz CT molecular complexity index is 322. The summed E-state index contributed by atoms with van der Waals surface area (Å²) in [6.07, 6.45) is 2.41. The van der Waals surface area contributed by atoms with Gasteiger partial charge in [-0.3, -0.25) is 0 Å². The van der Waals surface area contributed by atoms with Crippen LogP contribution < -0.4 is 10.6 Å². The lowest BCUT2D eigenvalue weighted by Gasteiger charge is -2.27. The Hall–Kier alpha value is -1.25. The molecule has 0 amide bonds.